The molecule has 0 aliphatic rings. The molecule has 4 nitrogen and oxygen atoms in total. The van der Waals surface area contributed by atoms with Crippen LogP contribution in [0, 0.1) is 13.8 Å². The van der Waals surface area contributed by atoms with Crippen LogP contribution in [0.5, 0.6) is 0 Å². The molecule has 30 heavy (non-hydrogen) atoms. The van der Waals surface area contributed by atoms with Crippen LogP contribution in [0.4, 0.5) is 18.9 Å². The Balaban J connectivity index is 1.84. The first-order chi connectivity index (χ1) is 14.1. The van der Waals surface area contributed by atoms with Crippen LogP contribution in [0.15, 0.2) is 59.8 Å². The van der Waals surface area contributed by atoms with Gasteiger partial charge in [0.25, 0.3) is 0 Å². The van der Waals surface area contributed by atoms with E-state index in [0.717, 1.165) is 29.0 Å². The van der Waals surface area contributed by atoms with E-state index < -0.39 is 17.1 Å². The number of carbonyl (C=O) groups is 1. The fourth-order valence-corrected chi connectivity index (χ4v) is 3.56. The molecule has 0 saturated carbocycles. The maximum absolute atomic E-state index is 13.3. The number of aromatic nitrogens is 2. The van der Waals surface area contributed by atoms with E-state index in [0.29, 0.717) is 11.3 Å². The Morgan fingerprint density at radius 2 is 1.73 bits per heavy atom. The lowest BCUT2D eigenvalue weighted by Crippen LogP contribution is -2.23. The van der Waals surface area contributed by atoms with Gasteiger partial charge in [0.2, 0.25) is 5.91 Å². The second-order valence-corrected chi connectivity index (χ2v) is 8.16. The van der Waals surface area contributed by atoms with Gasteiger partial charge in [0, 0.05) is 11.3 Å². The van der Waals surface area contributed by atoms with Crippen molar-refractivity contribution in [3.63, 3.8) is 0 Å². The molecule has 1 heterocycles. The second kappa shape index (κ2) is 8.87. The number of anilines is 1. The third kappa shape index (κ3) is 5.38. The van der Waals surface area contributed by atoms with E-state index in [9.17, 15) is 18.0 Å². The minimum atomic E-state index is -4.62. The van der Waals surface area contributed by atoms with Crippen molar-refractivity contribution in [2.75, 3.05) is 5.32 Å². The molecule has 0 saturated heterocycles. The quantitative estimate of drug-likeness (QED) is 0.404. The zero-order chi connectivity index (χ0) is 21.9. The molecule has 3 aromatic rings. The first-order valence-corrected chi connectivity index (χ1v) is 10.1. The standard InChI is InChI=1S/C22H20F3N3OS/c1-13-9-10-17(14(2)11-13)26-20(29)15(3)30-21-27-18(16-7-5-4-6-8-16)12-19(28-21)22(23,24)25/h4-12,15H,1-3H3,(H,26,29). The van der Waals surface area contributed by atoms with Crippen LogP contribution in [0.1, 0.15) is 23.7 Å². The number of nitrogens with zero attached hydrogens (tertiary/aromatic N) is 2. The summed E-state index contributed by atoms with van der Waals surface area (Å²) in [7, 11) is 0. The molecule has 0 spiro atoms. The monoisotopic (exact) mass is 431 g/mol. The maximum atomic E-state index is 13.3. The fourth-order valence-electron chi connectivity index (χ4n) is 2.78. The van der Waals surface area contributed by atoms with Crippen molar-refractivity contribution in [2.45, 2.75) is 37.4 Å². The van der Waals surface area contributed by atoms with Crippen molar-refractivity contribution in [2.24, 2.45) is 0 Å². The first-order valence-electron chi connectivity index (χ1n) is 9.20. The average molecular weight is 431 g/mol. The zero-order valence-electron chi connectivity index (χ0n) is 16.6. The number of hydrogen-bond acceptors (Lipinski definition) is 4. The number of hydrogen-bond donors (Lipinski definition) is 1. The van der Waals surface area contributed by atoms with E-state index in [1.807, 2.05) is 26.0 Å². The topological polar surface area (TPSA) is 54.9 Å². The lowest BCUT2D eigenvalue weighted by atomic mass is 10.1. The van der Waals surface area contributed by atoms with Gasteiger partial charge in [-0.05, 0) is 38.5 Å². The largest absolute Gasteiger partial charge is 0.433 e. The van der Waals surface area contributed by atoms with Crippen molar-refractivity contribution in [1.82, 2.24) is 9.97 Å². The number of carbonyl (C=O) groups excluding carboxylic acids is 1. The summed E-state index contributed by atoms with van der Waals surface area (Å²) in [5, 5.41) is 2.01. The van der Waals surface area contributed by atoms with Gasteiger partial charge >= 0.3 is 6.18 Å². The van der Waals surface area contributed by atoms with E-state index in [4.69, 9.17) is 0 Å². The number of rotatable bonds is 5. The van der Waals surface area contributed by atoms with Gasteiger partial charge in [0.05, 0.1) is 10.9 Å². The Kier molecular flexibility index (Phi) is 6.45. The van der Waals surface area contributed by atoms with Gasteiger partial charge in [-0.25, -0.2) is 9.97 Å². The zero-order valence-corrected chi connectivity index (χ0v) is 17.4. The Morgan fingerprint density at radius 3 is 2.37 bits per heavy atom. The van der Waals surface area contributed by atoms with Crippen LogP contribution < -0.4 is 5.32 Å². The Hall–Kier alpha value is -2.87. The fraction of sp³-hybridized carbons (Fsp3) is 0.227. The molecule has 1 atom stereocenters. The summed E-state index contributed by atoms with van der Waals surface area (Å²) in [4.78, 5) is 20.5. The molecule has 0 bridgehead atoms. The van der Waals surface area contributed by atoms with Gasteiger partial charge in [-0.2, -0.15) is 13.2 Å². The smallest absolute Gasteiger partial charge is 0.325 e. The Labute approximate surface area is 177 Å². The van der Waals surface area contributed by atoms with Crippen LogP contribution in [-0.2, 0) is 11.0 Å². The van der Waals surface area contributed by atoms with E-state index >= 15 is 0 Å². The minimum absolute atomic E-state index is 0.105. The number of thioether (sulfide) groups is 1. The van der Waals surface area contributed by atoms with Crippen molar-refractivity contribution in [1.29, 1.82) is 0 Å². The number of halogens is 3. The predicted octanol–water partition coefficient (Wildman–Crippen LogP) is 5.90. The summed E-state index contributed by atoms with van der Waals surface area (Å²) in [6.07, 6.45) is -4.62. The highest BCUT2D eigenvalue weighted by Gasteiger charge is 2.34. The molecule has 0 radical (unpaired) electrons. The normalized spacial score (nSPS) is 12.5. The number of alkyl halides is 3. The molecule has 1 amide bonds. The van der Waals surface area contributed by atoms with Crippen molar-refractivity contribution >= 4 is 23.4 Å². The average Bonchev–Trinajstić information content (AvgIpc) is 2.69. The summed E-state index contributed by atoms with van der Waals surface area (Å²) in [5.41, 5.74) is 2.29. The van der Waals surface area contributed by atoms with Crippen molar-refractivity contribution in [3.8, 4) is 11.3 Å². The highest BCUT2D eigenvalue weighted by Crippen LogP contribution is 2.33. The summed E-state index contributed by atoms with van der Waals surface area (Å²) in [6.45, 7) is 5.43. The van der Waals surface area contributed by atoms with E-state index in [1.54, 1.807) is 43.3 Å². The predicted molar refractivity (Wildman–Crippen MR) is 112 cm³/mol. The molecule has 0 aliphatic heterocycles. The highest BCUT2D eigenvalue weighted by molar-refractivity contribution is 8.00. The van der Waals surface area contributed by atoms with Gasteiger partial charge in [-0.3, -0.25) is 4.79 Å². The van der Waals surface area contributed by atoms with Crippen LogP contribution >= 0.6 is 11.8 Å². The van der Waals surface area contributed by atoms with Gasteiger partial charge < -0.3 is 5.32 Å². The molecule has 0 fully saturated rings. The SMILES string of the molecule is Cc1ccc(NC(=O)C(C)Sc2nc(-c3ccccc3)cc(C(F)(F)F)n2)c(C)c1. The molecule has 1 N–H and O–H groups in total. The molecule has 8 heteroatoms. The lowest BCUT2D eigenvalue weighted by molar-refractivity contribution is -0.141. The van der Waals surface area contributed by atoms with Gasteiger partial charge in [0.15, 0.2) is 5.16 Å². The Morgan fingerprint density at radius 1 is 1.03 bits per heavy atom. The van der Waals surface area contributed by atoms with E-state index in [2.05, 4.69) is 15.3 Å². The molecule has 0 aliphatic carbocycles. The summed E-state index contributed by atoms with van der Waals surface area (Å²) >= 11 is 0.885. The summed E-state index contributed by atoms with van der Waals surface area (Å²) in [6, 6.07) is 15.1. The lowest BCUT2D eigenvalue weighted by Gasteiger charge is -2.15. The number of amides is 1. The molecule has 2 aromatic carbocycles. The second-order valence-electron chi connectivity index (χ2n) is 6.85. The van der Waals surface area contributed by atoms with Gasteiger partial charge in [-0.1, -0.05) is 59.8 Å². The minimum Gasteiger partial charge on any atom is -0.325 e. The molecular weight excluding hydrogens is 411 g/mol. The Bertz CT molecular complexity index is 1060. The summed E-state index contributed by atoms with van der Waals surface area (Å²) in [5.74, 6) is -0.339. The van der Waals surface area contributed by atoms with Crippen LogP contribution in [0.25, 0.3) is 11.3 Å². The molecular formula is C22H20F3N3OS. The van der Waals surface area contributed by atoms with Crippen LogP contribution in [0.2, 0.25) is 0 Å². The third-order valence-electron chi connectivity index (χ3n) is 4.36. The van der Waals surface area contributed by atoms with E-state index in [-0.39, 0.29) is 16.8 Å². The molecule has 3 rings (SSSR count). The number of benzene rings is 2. The highest BCUT2D eigenvalue weighted by atomic mass is 32.2. The van der Waals surface area contributed by atoms with Crippen LogP contribution in [0.3, 0.4) is 0 Å². The number of aryl methyl sites for hydroxylation is 2. The molecule has 1 aromatic heterocycles. The van der Waals surface area contributed by atoms with Gasteiger partial charge in [-0.15, -0.1) is 0 Å². The van der Waals surface area contributed by atoms with Crippen LogP contribution in [-0.4, -0.2) is 21.1 Å². The first kappa shape index (κ1) is 21.8. The van der Waals surface area contributed by atoms with Crippen molar-refractivity contribution < 1.29 is 18.0 Å². The van der Waals surface area contributed by atoms with Gasteiger partial charge in [0.1, 0.15) is 5.69 Å². The van der Waals surface area contributed by atoms with Crippen molar-refractivity contribution in [3.05, 3.63) is 71.4 Å². The van der Waals surface area contributed by atoms with E-state index in [1.165, 1.54) is 0 Å². The maximum Gasteiger partial charge on any atom is 0.433 e. The summed E-state index contributed by atoms with van der Waals surface area (Å²) < 4.78 is 40.0. The molecule has 1 unspecified atom stereocenters. The number of nitrogens with one attached hydrogen (secondary N) is 1. The molecule has 156 valence electrons. The third-order valence-corrected chi connectivity index (χ3v) is 5.32.